The topological polar surface area (TPSA) is 98.3 Å². The number of nitro benzene ring substituents is 1. The fourth-order valence-electron chi connectivity index (χ4n) is 2.93. The Kier molecular flexibility index (Phi) is 5.56. The molecular formula is C21H13BrIN3O4. The second kappa shape index (κ2) is 8.15. The molecule has 0 saturated carbocycles. The van der Waals surface area contributed by atoms with Gasteiger partial charge in [-0.25, -0.2) is 4.98 Å². The zero-order valence-electron chi connectivity index (χ0n) is 15.5. The number of benzene rings is 3. The van der Waals surface area contributed by atoms with Crippen LogP contribution in [0.25, 0.3) is 22.6 Å². The summed E-state index contributed by atoms with van der Waals surface area (Å²) < 4.78 is 7.77. The molecule has 0 spiro atoms. The normalized spacial score (nSPS) is 10.9. The van der Waals surface area contributed by atoms with E-state index < -0.39 is 10.8 Å². The highest BCUT2D eigenvalue weighted by Gasteiger charge is 2.16. The van der Waals surface area contributed by atoms with E-state index >= 15 is 0 Å². The van der Waals surface area contributed by atoms with E-state index in [1.807, 2.05) is 18.2 Å². The molecule has 0 atom stereocenters. The van der Waals surface area contributed by atoms with E-state index in [9.17, 15) is 14.9 Å². The first kappa shape index (κ1) is 20.5. The molecule has 4 aromatic rings. The first-order valence-electron chi connectivity index (χ1n) is 8.74. The summed E-state index contributed by atoms with van der Waals surface area (Å²) in [4.78, 5) is 27.7. The Balaban J connectivity index is 1.63. The second-order valence-electron chi connectivity index (χ2n) is 6.54. The second-order valence-corrected chi connectivity index (χ2v) is 8.64. The molecular weight excluding hydrogens is 565 g/mol. The van der Waals surface area contributed by atoms with Crippen molar-refractivity contribution in [3.05, 3.63) is 83.9 Å². The van der Waals surface area contributed by atoms with Crippen LogP contribution in [-0.4, -0.2) is 15.8 Å². The van der Waals surface area contributed by atoms with Gasteiger partial charge in [-0.3, -0.25) is 14.9 Å². The van der Waals surface area contributed by atoms with Gasteiger partial charge in [0.25, 0.3) is 11.6 Å². The Morgan fingerprint density at radius 1 is 1.17 bits per heavy atom. The van der Waals surface area contributed by atoms with Gasteiger partial charge in [0.05, 0.1) is 10.5 Å². The summed E-state index contributed by atoms with van der Waals surface area (Å²) in [7, 11) is 0. The lowest BCUT2D eigenvalue weighted by Crippen LogP contribution is -2.12. The first-order valence-corrected chi connectivity index (χ1v) is 10.6. The molecule has 3 aromatic carbocycles. The van der Waals surface area contributed by atoms with Crippen LogP contribution in [0.2, 0.25) is 0 Å². The third-order valence-corrected chi connectivity index (χ3v) is 5.83. The smallest absolute Gasteiger partial charge is 0.273 e. The van der Waals surface area contributed by atoms with Crippen molar-refractivity contribution in [1.29, 1.82) is 0 Å². The molecule has 0 bridgehead atoms. The van der Waals surface area contributed by atoms with Crippen LogP contribution in [-0.2, 0) is 0 Å². The highest BCUT2D eigenvalue weighted by molar-refractivity contribution is 14.1. The molecule has 0 radical (unpaired) electrons. The fraction of sp³-hybridized carbons (Fsp3) is 0.0476. The molecule has 1 heterocycles. The Bertz CT molecular complexity index is 1320. The third-order valence-electron chi connectivity index (χ3n) is 4.47. The van der Waals surface area contributed by atoms with Gasteiger partial charge in [-0.2, -0.15) is 0 Å². The molecule has 1 N–H and O–H groups in total. The molecule has 4 rings (SSSR count). The van der Waals surface area contributed by atoms with Crippen LogP contribution in [0.3, 0.4) is 0 Å². The lowest BCUT2D eigenvalue weighted by Gasteiger charge is -2.06. The maximum absolute atomic E-state index is 12.6. The predicted molar refractivity (Wildman–Crippen MR) is 126 cm³/mol. The summed E-state index contributed by atoms with van der Waals surface area (Å²) in [5.41, 5.74) is 3.12. The number of halogens is 2. The molecule has 0 aliphatic rings. The number of carbonyl (C=O) groups excluding carboxylic acids is 1. The number of anilines is 1. The van der Waals surface area contributed by atoms with Gasteiger partial charge in [-0.1, -0.05) is 6.07 Å². The molecule has 0 aliphatic carbocycles. The quantitative estimate of drug-likeness (QED) is 0.174. The minimum Gasteiger partial charge on any atom is -0.436 e. The SMILES string of the molecule is Cc1ccc(C(=O)Nc2ccc3oc(-c4cc(I)ccc4Br)nc3c2)cc1[N+](=O)[O-]. The monoisotopic (exact) mass is 577 g/mol. The van der Waals surface area contributed by atoms with Crippen molar-refractivity contribution in [2.75, 3.05) is 5.32 Å². The van der Waals surface area contributed by atoms with Gasteiger partial charge < -0.3 is 9.73 Å². The summed E-state index contributed by atoms with van der Waals surface area (Å²) in [6, 6.07) is 15.4. The van der Waals surface area contributed by atoms with E-state index in [4.69, 9.17) is 4.42 Å². The highest BCUT2D eigenvalue weighted by atomic mass is 127. The Hall–Kier alpha value is -2.79. The minimum absolute atomic E-state index is 0.0951. The molecule has 0 fully saturated rings. The van der Waals surface area contributed by atoms with Crippen molar-refractivity contribution in [1.82, 2.24) is 4.98 Å². The predicted octanol–water partition coefficient (Wildman–Crippen LogP) is 6.33. The van der Waals surface area contributed by atoms with Crippen LogP contribution in [0.1, 0.15) is 15.9 Å². The van der Waals surface area contributed by atoms with E-state index in [1.165, 1.54) is 6.07 Å². The third kappa shape index (κ3) is 4.08. The summed E-state index contributed by atoms with van der Waals surface area (Å²) in [6.45, 7) is 1.63. The molecule has 150 valence electrons. The van der Waals surface area contributed by atoms with Gasteiger partial charge in [-0.15, -0.1) is 0 Å². The molecule has 1 amide bonds. The summed E-state index contributed by atoms with van der Waals surface area (Å²) in [5, 5.41) is 13.9. The maximum Gasteiger partial charge on any atom is 0.273 e. The Labute approximate surface area is 192 Å². The van der Waals surface area contributed by atoms with E-state index in [0.717, 1.165) is 13.6 Å². The number of hydrogen-bond acceptors (Lipinski definition) is 5. The van der Waals surface area contributed by atoms with Gasteiger partial charge in [0, 0.05) is 30.9 Å². The van der Waals surface area contributed by atoms with Crippen molar-refractivity contribution in [2.45, 2.75) is 6.92 Å². The number of fused-ring (bicyclic) bond motifs is 1. The summed E-state index contributed by atoms with van der Waals surface area (Å²) >= 11 is 5.73. The van der Waals surface area contributed by atoms with Crippen molar-refractivity contribution < 1.29 is 14.1 Å². The van der Waals surface area contributed by atoms with Gasteiger partial charge in [0.2, 0.25) is 5.89 Å². The molecule has 0 unspecified atom stereocenters. The van der Waals surface area contributed by atoms with Gasteiger partial charge >= 0.3 is 0 Å². The summed E-state index contributed by atoms with van der Waals surface area (Å²) in [5.74, 6) is 0.0227. The minimum atomic E-state index is -0.502. The van der Waals surface area contributed by atoms with Crippen LogP contribution >= 0.6 is 38.5 Å². The van der Waals surface area contributed by atoms with E-state index in [1.54, 1.807) is 37.3 Å². The molecule has 9 heteroatoms. The lowest BCUT2D eigenvalue weighted by atomic mass is 10.1. The lowest BCUT2D eigenvalue weighted by molar-refractivity contribution is -0.385. The zero-order valence-corrected chi connectivity index (χ0v) is 19.2. The number of oxazole rings is 1. The van der Waals surface area contributed by atoms with Crippen LogP contribution < -0.4 is 5.32 Å². The number of nitrogens with zero attached hydrogens (tertiary/aromatic N) is 2. The maximum atomic E-state index is 12.6. The zero-order chi connectivity index (χ0) is 21.4. The highest BCUT2D eigenvalue weighted by Crippen LogP contribution is 2.32. The van der Waals surface area contributed by atoms with E-state index in [-0.39, 0.29) is 11.3 Å². The van der Waals surface area contributed by atoms with E-state index in [2.05, 4.69) is 48.8 Å². The number of aromatic nitrogens is 1. The first-order chi connectivity index (χ1) is 14.3. The number of rotatable bonds is 4. The molecule has 0 saturated heterocycles. The Morgan fingerprint density at radius 3 is 2.73 bits per heavy atom. The van der Waals surface area contributed by atoms with Gasteiger partial charge in [-0.05, 0) is 87.9 Å². The van der Waals surface area contributed by atoms with Crippen LogP contribution in [0, 0.1) is 20.6 Å². The van der Waals surface area contributed by atoms with Crippen molar-refractivity contribution in [3.8, 4) is 11.5 Å². The van der Waals surface area contributed by atoms with Gasteiger partial charge in [0.15, 0.2) is 5.58 Å². The van der Waals surface area contributed by atoms with Crippen molar-refractivity contribution >= 4 is 66.9 Å². The number of hydrogen-bond donors (Lipinski definition) is 1. The average Bonchev–Trinajstić information content (AvgIpc) is 3.13. The largest absolute Gasteiger partial charge is 0.436 e. The molecule has 30 heavy (non-hydrogen) atoms. The number of carbonyl (C=O) groups is 1. The van der Waals surface area contributed by atoms with Crippen molar-refractivity contribution in [2.24, 2.45) is 0 Å². The Morgan fingerprint density at radius 2 is 1.97 bits per heavy atom. The number of amides is 1. The number of nitrogens with one attached hydrogen (secondary N) is 1. The van der Waals surface area contributed by atoms with Crippen LogP contribution in [0.15, 0.2) is 63.5 Å². The number of aryl methyl sites for hydroxylation is 1. The molecule has 7 nitrogen and oxygen atoms in total. The molecule has 1 aromatic heterocycles. The average molecular weight is 578 g/mol. The van der Waals surface area contributed by atoms with Crippen LogP contribution in [0.4, 0.5) is 11.4 Å². The van der Waals surface area contributed by atoms with Crippen LogP contribution in [0.5, 0.6) is 0 Å². The van der Waals surface area contributed by atoms with Crippen molar-refractivity contribution in [3.63, 3.8) is 0 Å². The van der Waals surface area contributed by atoms with E-state index in [0.29, 0.717) is 28.2 Å². The summed E-state index contributed by atoms with van der Waals surface area (Å²) in [6.07, 6.45) is 0. The number of nitro groups is 1. The molecule has 0 aliphatic heterocycles. The van der Waals surface area contributed by atoms with Gasteiger partial charge in [0.1, 0.15) is 5.52 Å². The standard InChI is InChI=1S/C21H13BrIN3O4/c1-11-2-3-12(8-18(11)26(28)29)20(27)24-14-5-7-19-17(10-14)25-21(30-19)15-9-13(23)4-6-16(15)22/h2-10H,1H3,(H,24,27). The fourth-order valence-corrected chi connectivity index (χ4v) is 3.84.